The molecule has 27 heavy (non-hydrogen) atoms. The van der Waals surface area contributed by atoms with Crippen molar-refractivity contribution in [1.29, 1.82) is 0 Å². The minimum atomic E-state index is -0.360. The highest BCUT2D eigenvalue weighted by atomic mass is 32.1. The summed E-state index contributed by atoms with van der Waals surface area (Å²) in [6, 6.07) is 14.7. The van der Waals surface area contributed by atoms with Crippen LogP contribution < -0.4 is 16.0 Å². The lowest BCUT2D eigenvalue weighted by molar-refractivity contribution is -0.115. The molecular formula is C21H21N3O2S. The summed E-state index contributed by atoms with van der Waals surface area (Å²) in [5.41, 5.74) is 3.00. The molecule has 5 nitrogen and oxygen atoms in total. The highest BCUT2D eigenvalue weighted by Gasteiger charge is 2.11. The Kier molecular flexibility index (Phi) is 7.46. The largest absolute Gasteiger partial charge is 0.349 e. The van der Waals surface area contributed by atoms with Crippen LogP contribution in [0.15, 0.2) is 67.3 Å². The number of hydrogen-bond donors (Lipinski definition) is 3. The van der Waals surface area contributed by atoms with Gasteiger partial charge in [-0.25, -0.2) is 0 Å². The molecule has 138 valence electrons. The van der Waals surface area contributed by atoms with Crippen molar-refractivity contribution in [3.8, 4) is 0 Å². The van der Waals surface area contributed by atoms with Gasteiger partial charge in [-0.15, -0.1) is 6.58 Å². The first kappa shape index (κ1) is 20.1. The number of para-hydroxylation sites is 1. The number of amides is 2. The number of nitrogens with one attached hydrogen (secondary N) is 3. The molecule has 0 saturated heterocycles. The van der Waals surface area contributed by atoms with Crippen molar-refractivity contribution in [2.24, 2.45) is 0 Å². The highest BCUT2D eigenvalue weighted by Crippen LogP contribution is 2.14. The van der Waals surface area contributed by atoms with Gasteiger partial charge in [0, 0.05) is 12.6 Å². The Hall–Kier alpha value is -3.25. The van der Waals surface area contributed by atoms with E-state index in [-0.39, 0.29) is 16.9 Å². The number of carbonyl (C=O) groups excluding carboxylic acids is 2. The quantitative estimate of drug-likeness (QED) is 0.409. The number of benzene rings is 2. The van der Waals surface area contributed by atoms with Crippen LogP contribution in [0.1, 0.15) is 21.5 Å². The van der Waals surface area contributed by atoms with E-state index in [4.69, 9.17) is 12.2 Å². The van der Waals surface area contributed by atoms with Crippen LogP contribution in [0, 0.1) is 6.92 Å². The van der Waals surface area contributed by atoms with Crippen LogP contribution >= 0.6 is 12.2 Å². The molecule has 3 N–H and O–H groups in total. The number of carbonyl (C=O) groups is 2. The summed E-state index contributed by atoms with van der Waals surface area (Å²) < 4.78 is 0. The Morgan fingerprint density at radius 2 is 1.81 bits per heavy atom. The zero-order chi connectivity index (χ0) is 19.6. The number of hydrogen-bond acceptors (Lipinski definition) is 3. The van der Waals surface area contributed by atoms with Crippen LogP contribution in [-0.2, 0) is 4.79 Å². The summed E-state index contributed by atoms with van der Waals surface area (Å²) in [5.74, 6) is -0.618. The lowest BCUT2D eigenvalue weighted by atomic mass is 10.1. The lowest BCUT2D eigenvalue weighted by Gasteiger charge is -2.12. The molecule has 0 heterocycles. The molecule has 0 radical (unpaired) electrons. The first-order valence-corrected chi connectivity index (χ1v) is 8.75. The third-order valence-corrected chi connectivity index (χ3v) is 3.77. The third-order valence-electron chi connectivity index (χ3n) is 3.57. The number of anilines is 1. The van der Waals surface area contributed by atoms with Crippen molar-refractivity contribution in [3.63, 3.8) is 0 Å². The van der Waals surface area contributed by atoms with Crippen molar-refractivity contribution in [2.45, 2.75) is 6.92 Å². The predicted molar refractivity (Wildman–Crippen MR) is 114 cm³/mol. The van der Waals surface area contributed by atoms with Crippen LogP contribution in [0.2, 0.25) is 0 Å². The summed E-state index contributed by atoms with van der Waals surface area (Å²) in [6.45, 7) is 5.93. The fourth-order valence-corrected chi connectivity index (χ4v) is 2.42. The molecule has 0 unspecified atom stereocenters. The first-order chi connectivity index (χ1) is 13.0. The second-order valence-electron chi connectivity index (χ2n) is 5.73. The zero-order valence-corrected chi connectivity index (χ0v) is 15.8. The van der Waals surface area contributed by atoms with Crippen molar-refractivity contribution in [3.05, 3.63) is 84.0 Å². The lowest BCUT2D eigenvalue weighted by Crippen LogP contribution is -2.34. The Morgan fingerprint density at radius 3 is 2.52 bits per heavy atom. The predicted octanol–water partition coefficient (Wildman–Crippen LogP) is 3.44. The van der Waals surface area contributed by atoms with Gasteiger partial charge in [-0.3, -0.25) is 14.9 Å². The summed E-state index contributed by atoms with van der Waals surface area (Å²) in [4.78, 5) is 24.2. The van der Waals surface area contributed by atoms with Gasteiger partial charge >= 0.3 is 0 Å². The van der Waals surface area contributed by atoms with Gasteiger partial charge < -0.3 is 10.6 Å². The van der Waals surface area contributed by atoms with Gasteiger partial charge in [0.05, 0.1) is 11.3 Å². The molecule has 0 bridgehead atoms. The van der Waals surface area contributed by atoms with Gasteiger partial charge in [-0.2, -0.15) is 0 Å². The van der Waals surface area contributed by atoms with Crippen LogP contribution in [0.5, 0.6) is 0 Å². The summed E-state index contributed by atoms with van der Waals surface area (Å²) in [7, 11) is 0. The Balaban J connectivity index is 1.97. The van der Waals surface area contributed by atoms with Crippen molar-refractivity contribution >= 4 is 40.9 Å². The molecule has 0 atom stereocenters. The molecule has 2 amide bonds. The van der Waals surface area contributed by atoms with E-state index in [0.717, 1.165) is 11.1 Å². The Labute approximate surface area is 164 Å². The van der Waals surface area contributed by atoms with Crippen molar-refractivity contribution < 1.29 is 9.59 Å². The first-order valence-electron chi connectivity index (χ1n) is 8.34. The normalized spacial score (nSPS) is 10.3. The molecule has 0 aromatic heterocycles. The Bertz CT molecular complexity index is 873. The fraction of sp³-hybridized carbons (Fsp3) is 0.0952. The molecule has 0 fully saturated rings. The molecule has 2 rings (SSSR count). The number of thiocarbonyl (C=S) groups is 1. The molecule has 0 saturated carbocycles. The fourth-order valence-electron chi connectivity index (χ4n) is 2.21. The van der Waals surface area contributed by atoms with Crippen molar-refractivity contribution in [2.75, 3.05) is 11.9 Å². The van der Waals surface area contributed by atoms with Gasteiger partial charge in [0.2, 0.25) is 5.91 Å². The highest BCUT2D eigenvalue weighted by molar-refractivity contribution is 7.80. The van der Waals surface area contributed by atoms with Crippen molar-refractivity contribution in [1.82, 2.24) is 10.6 Å². The zero-order valence-electron chi connectivity index (χ0n) is 15.0. The van der Waals surface area contributed by atoms with Gasteiger partial charge in [0.15, 0.2) is 5.11 Å². The van der Waals surface area contributed by atoms with E-state index in [0.29, 0.717) is 17.8 Å². The van der Waals surface area contributed by atoms with Crippen LogP contribution in [0.4, 0.5) is 5.69 Å². The summed E-state index contributed by atoms with van der Waals surface area (Å²) in [5, 5.41) is 8.26. The molecule has 0 spiro atoms. The smallest absolute Gasteiger partial charge is 0.253 e. The third kappa shape index (κ3) is 6.52. The van der Waals surface area contributed by atoms with E-state index in [2.05, 4.69) is 22.5 Å². The molecule has 2 aromatic rings. The topological polar surface area (TPSA) is 70.2 Å². The van der Waals surface area contributed by atoms with Gasteiger partial charge in [-0.1, -0.05) is 48.0 Å². The second kappa shape index (κ2) is 10.0. The molecular weight excluding hydrogens is 358 g/mol. The number of rotatable bonds is 6. The molecule has 2 aromatic carbocycles. The SMILES string of the molecule is C=CCNC(=O)c1ccccc1NC(=S)NC(=O)C=Cc1ccc(C)cc1. The van der Waals surface area contributed by atoms with Gasteiger partial charge in [0.1, 0.15) is 0 Å². The maximum Gasteiger partial charge on any atom is 0.253 e. The maximum atomic E-state index is 12.2. The van der Waals surface area contributed by atoms with Gasteiger partial charge in [0.25, 0.3) is 5.91 Å². The average Bonchev–Trinajstić information content (AvgIpc) is 2.66. The number of aryl methyl sites for hydroxylation is 1. The summed E-state index contributed by atoms with van der Waals surface area (Å²) in [6.07, 6.45) is 4.70. The van der Waals surface area contributed by atoms with E-state index >= 15 is 0 Å². The van der Waals surface area contributed by atoms with E-state index in [9.17, 15) is 9.59 Å². The van der Waals surface area contributed by atoms with Crippen LogP contribution in [0.25, 0.3) is 6.08 Å². The van der Waals surface area contributed by atoms with E-state index in [1.54, 1.807) is 36.4 Å². The van der Waals surface area contributed by atoms with E-state index < -0.39 is 0 Å². The minimum Gasteiger partial charge on any atom is -0.349 e. The molecule has 0 aliphatic rings. The van der Waals surface area contributed by atoms with E-state index in [1.165, 1.54) is 6.08 Å². The standard InChI is InChI=1S/C21H21N3O2S/c1-3-14-22-20(26)17-6-4-5-7-18(17)23-21(27)24-19(25)13-12-16-10-8-15(2)9-11-16/h3-13H,1,14H2,2H3,(H,22,26)(H2,23,24,25,27). The van der Waals surface area contributed by atoms with Crippen LogP contribution in [-0.4, -0.2) is 23.5 Å². The molecule has 6 heteroatoms. The van der Waals surface area contributed by atoms with E-state index in [1.807, 2.05) is 31.2 Å². The monoisotopic (exact) mass is 379 g/mol. The second-order valence-corrected chi connectivity index (χ2v) is 6.14. The van der Waals surface area contributed by atoms with Crippen LogP contribution in [0.3, 0.4) is 0 Å². The molecule has 0 aliphatic carbocycles. The maximum absolute atomic E-state index is 12.2. The summed E-state index contributed by atoms with van der Waals surface area (Å²) >= 11 is 5.17. The average molecular weight is 379 g/mol. The minimum absolute atomic E-state index is 0.109. The Morgan fingerprint density at radius 1 is 1.11 bits per heavy atom. The molecule has 0 aliphatic heterocycles. The van der Waals surface area contributed by atoms with Gasteiger partial charge in [-0.05, 0) is 42.9 Å².